The van der Waals surface area contributed by atoms with Crippen molar-refractivity contribution in [1.29, 1.82) is 0 Å². The van der Waals surface area contributed by atoms with Gasteiger partial charge in [0.2, 0.25) is 10.0 Å². The zero-order valence-electron chi connectivity index (χ0n) is 12.0. The molecule has 0 atom stereocenters. The second kappa shape index (κ2) is 5.91. The van der Waals surface area contributed by atoms with Crippen LogP contribution in [-0.4, -0.2) is 39.5 Å². The fourth-order valence-electron chi connectivity index (χ4n) is 1.33. The summed E-state index contributed by atoms with van der Waals surface area (Å²) in [5.41, 5.74) is 0.768. The first-order valence-corrected chi connectivity index (χ1v) is 8.27. The number of rotatable bonds is 5. The van der Waals surface area contributed by atoms with Gasteiger partial charge < -0.3 is 4.90 Å². The van der Waals surface area contributed by atoms with E-state index in [1.165, 1.54) is 0 Å². The van der Waals surface area contributed by atoms with E-state index in [1.54, 1.807) is 18.2 Å². The van der Waals surface area contributed by atoms with E-state index in [2.05, 4.69) is 20.7 Å². The summed E-state index contributed by atoms with van der Waals surface area (Å²) >= 11 is 3.30. The first-order chi connectivity index (χ1) is 8.56. The lowest BCUT2D eigenvalue weighted by molar-refractivity contribution is 0.199. The van der Waals surface area contributed by atoms with Gasteiger partial charge in [-0.1, -0.05) is 6.07 Å². The van der Waals surface area contributed by atoms with Crippen LogP contribution >= 0.6 is 15.9 Å². The Morgan fingerprint density at radius 1 is 1.32 bits per heavy atom. The number of benzene rings is 1. The third-order valence-electron chi connectivity index (χ3n) is 3.28. The normalized spacial score (nSPS) is 13.0. The zero-order chi connectivity index (χ0) is 14.8. The molecule has 0 radical (unpaired) electrons. The molecule has 0 heterocycles. The fourth-order valence-corrected chi connectivity index (χ4v) is 3.73. The average molecular weight is 349 g/mol. The van der Waals surface area contributed by atoms with Crippen molar-refractivity contribution >= 4 is 26.0 Å². The molecule has 0 fully saturated rings. The first kappa shape index (κ1) is 16.6. The van der Waals surface area contributed by atoms with Gasteiger partial charge in [0.05, 0.1) is 4.90 Å². The number of halogens is 1. The van der Waals surface area contributed by atoms with Crippen molar-refractivity contribution in [3.8, 4) is 0 Å². The molecule has 0 saturated carbocycles. The smallest absolute Gasteiger partial charge is 0.241 e. The Labute approximate surface area is 124 Å². The maximum Gasteiger partial charge on any atom is 0.241 e. The molecule has 0 aliphatic heterocycles. The van der Waals surface area contributed by atoms with Crippen LogP contribution in [0.2, 0.25) is 0 Å². The van der Waals surface area contributed by atoms with Crippen molar-refractivity contribution < 1.29 is 8.42 Å². The highest BCUT2D eigenvalue weighted by Gasteiger charge is 2.25. The fraction of sp³-hybridized carbons (Fsp3) is 0.538. The molecule has 0 aromatic heterocycles. The van der Waals surface area contributed by atoms with Crippen molar-refractivity contribution in [2.75, 3.05) is 20.6 Å². The van der Waals surface area contributed by atoms with E-state index in [1.807, 2.05) is 39.8 Å². The highest BCUT2D eigenvalue weighted by atomic mass is 79.9. The van der Waals surface area contributed by atoms with Crippen molar-refractivity contribution in [2.45, 2.75) is 31.2 Å². The van der Waals surface area contributed by atoms with Crippen LogP contribution in [0.3, 0.4) is 0 Å². The van der Waals surface area contributed by atoms with Crippen LogP contribution in [0.15, 0.2) is 27.6 Å². The molecule has 1 aromatic carbocycles. The topological polar surface area (TPSA) is 49.4 Å². The van der Waals surface area contributed by atoms with Gasteiger partial charge in [-0.3, -0.25) is 0 Å². The Kier molecular flexibility index (Phi) is 5.17. The van der Waals surface area contributed by atoms with E-state index >= 15 is 0 Å². The third-order valence-corrected chi connectivity index (χ3v) is 5.66. The lowest BCUT2D eigenvalue weighted by Gasteiger charge is -2.32. The molecule has 0 aliphatic carbocycles. The molecule has 0 spiro atoms. The second-order valence-corrected chi connectivity index (χ2v) is 8.06. The summed E-state index contributed by atoms with van der Waals surface area (Å²) in [5, 5.41) is 0. The van der Waals surface area contributed by atoms with E-state index in [-0.39, 0.29) is 10.4 Å². The molecule has 19 heavy (non-hydrogen) atoms. The predicted molar refractivity (Wildman–Crippen MR) is 81.8 cm³/mol. The van der Waals surface area contributed by atoms with Crippen LogP contribution in [0.4, 0.5) is 0 Å². The standard InChI is InChI=1S/C13H21BrN2O2S/c1-10-6-7-12(11(14)8-10)19(17,18)15-9-13(2,3)16(4)5/h6-8,15H,9H2,1-5H3. The maximum absolute atomic E-state index is 12.3. The number of aryl methyl sites for hydroxylation is 1. The van der Waals surface area contributed by atoms with Crippen LogP contribution in [-0.2, 0) is 10.0 Å². The van der Waals surface area contributed by atoms with Crippen LogP contribution in [0.1, 0.15) is 19.4 Å². The van der Waals surface area contributed by atoms with E-state index in [4.69, 9.17) is 0 Å². The molecule has 1 aromatic rings. The number of sulfonamides is 1. The summed E-state index contributed by atoms with van der Waals surface area (Å²) in [5.74, 6) is 0. The summed E-state index contributed by atoms with van der Waals surface area (Å²) in [6.07, 6.45) is 0. The number of hydrogen-bond acceptors (Lipinski definition) is 3. The van der Waals surface area contributed by atoms with Crippen molar-refractivity contribution in [1.82, 2.24) is 9.62 Å². The van der Waals surface area contributed by atoms with Gasteiger partial charge in [0.1, 0.15) is 0 Å². The number of nitrogens with one attached hydrogen (secondary N) is 1. The van der Waals surface area contributed by atoms with E-state index in [9.17, 15) is 8.42 Å². The molecule has 108 valence electrons. The van der Waals surface area contributed by atoms with Gasteiger partial charge in [-0.2, -0.15) is 0 Å². The number of hydrogen-bond donors (Lipinski definition) is 1. The van der Waals surface area contributed by atoms with Crippen LogP contribution in [0.25, 0.3) is 0 Å². The lowest BCUT2D eigenvalue weighted by atomic mass is 10.1. The summed E-state index contributed by atoms with van der Waals surface area (Å²) in [4.78, 5) is 2.26. The zero-order valence-corrected chi connectivity index (χ0v) is 14.4. The van der Waals surface area contributed by atoms with Gasteiger partial charge in [-0.05, 0) is 68.5 Å². The minimum absolute atomic E-state index is 0.246. The molecule has 6 heteroatoms. The molecule has 1 rings (SSSR count). The van der Waals surface area contributed by atoms with Gasteiger partial charge in [0.15, 0.2) is 0 Å². The van der Waals surface area contributed by atoms with Crippen LogP contribution in [0, 0.1) is 6.92 Å². The minimum atomic E-state index is -3.50. The van der Waals surface area contributed by atoms with Crippen LogP contribution < -0.4 is 4.72 Å². The Bertz CT molecular complexity index is 554. The molecule has 4 nitrogen and oxygen atoms in total. The van der Waals surface area contributed by atoms with Gasteiger partial charge in [0, 0.05) is 16.6 Å². The van der Waals surface area contributed by atoms with Gasteiger partial charge in [0.25, 0.3) is 0 Å². The summed E-state index contributed by atoms with van der Waals surface area (Å²) < 4.78 is 27.8. The molecule has 1 N–H and O–H groups in total. The molecule has 0 bridgehead atoms. The Balaban J connectivity index is 2.94. The van der Waals surface area contributed by atoms with Crippen molar-refractivity contribution in [2.24, 2.45) is 0 Å². The monoisotopic (exact) mass is 348 g/mol. The van der Waals surface area contributed by atoms with Gasteiger partial charge in [-0.15, -0.1) is 0 Å². The van der Waals surface area contributed by atoms with Gasteiger partial charge >= 0.3 is 0 Å². The molecular weight excluding hydrogens is 328 g/mol. The highest BCUT2D eigenvalue weighted by Crippen LogP contribution is 2.23. The van der Waals surface area contributed by atoms with E-state index in [0.717, 1.165) is 5.56 Å². The van der Waals surface area contributed by atoms with E-state index in [0.29, 0.717) is 11.0 Å². The quantitative estimate of drug-likeness (QED) is 0.888. The first-order valence-electron chi connectivity index (χ1n) is 5.99. The number of nitrogens with zero attached hydrogens (tertiary/aromatic N) is 1. The molecule has 0 unspecified atom stereocenters. The molecular formula is C13H21BrN2O2S. The van der Waals surface area contributed by atoms with Gasteiger partial charge in [-0.25, -0.2) is 13.1 Å². The predicted octanol–water partition coefficient (Wildman–Crippen LogP) is 2.38. The largest absolute Gasteiger partial charge is 0.303 e. The lowest BCUT2D eigenvalue weighted by Crippen LogP contribution is -2.48. The third kappa shape index (κ3) is 4.27. The van der Waals surface area contributed by atoms with E-state index < -0.39 is 10.0 Å². The number of likely N-dealkylation sites (N-methyl/N-ethyl adjacent to an activating group) is 1. The van der Waals surface area contributed by atoms with Crippen LogP contribution in [0.5, 0.6) is 0 Å². The molecule has 0 saturated heterocycles. The van der Waals surface area contributed by atoms with Crippen molar-refractivity contribution in [3.05, 3.63) is 28.2 Å². The Morgan fingerprint density at radius 3 is 2.37 bits per heavy atom. The average Bonchev–Trinajstić information content (AvgIpc) is 2.26. The maximum atomic E-state index is 12.3. The summed E-state index contributed by atoms with van der Waals surface area (Å²) in [7, 11) is 0.355. The minimum Gasteiger partial charge on any atom is -0.303 e. The summed E-state index contributed by atoms with van der Waals surface area (Å²) in [6.45, 7) is 6.24. The van der Waals surface area contributed by atoms with Crippen molar-refractivity contribution in [3.63, 3.8) is 0 Å². The SMILES string of the molecule is Cc1ccc(S(=O)(=O)NCC(C)(C)N(C)C)c(Br)c1. The molecule has 0 aliphatic rings. The Hall–Kier alpha value is -0.430. The Morgan fingerprint density at radius 2 is 1.89 bits per heavy atom. The highest BCUT2D eigenvalue weighted by molar-refractivity contribution is 9.10. The summed E-state index contributed by atoms with van der Waals surface area (Å²) in [6, 6.07) is 5.20. The second-order valence-electron chi connectivity index (χ2n) is 5.47. The molecule has 0 amide bonds.